The average molecular weight is 243 g/mol. The summed E-state index contributed by atoms with van der Waals surface area (Å²) < 4.78 is 4.93. The van der Waals surface area contributed by atoms with Gasteiger partial charge in [-0.15, -0.1) is 0 Å². The standard InChI is InChI=1S/C13H13N3O2/c1-8-14-12(16-18-8)9-3-2-4-10(7-9)13(17)15-11-5-6-11/h2-4,7,11H,5-6H2,1H3,(H,15,17). The van der Waals surface area contributed by atoms with Gasteiger partial charge in [0, 0.05) is 24.1 Å². The van der Waals surface area contributed by atoms with Gasteiger partial charge in [0.15, 0.2) is 0 Å². The summed E-state index contributed by atoms with van der Waals surface area (Å²) in [5.74, 6) is 0.978. The number of amides is 1. The number of nitrogens with one attached hydrogen (secondary N) is 1. The van der Waals surface area contributed by atoms with Gasteiger partial charge in [-0.3, -0.25) is 4.79 Å². The highest BCUT2D eigenvalue weighted by Gasteiger charge is 2.23. The lowest BCUT2D eigenvalue weighted by atomic mass is 10.1. The van der Waals surface area contributed by atoms with Crippen molar-refractivity contribution in [2.45, 2.75) is 25.8 Å². The van der Waals surface area contributed by atoms with Crippen molar-refractivity contribution in [2.75, 3.05) is 0 Å². The Morgan fingerprint density at radius 1 is 1.44 bits per heavy atom. The molecular weight excluding hydrogens is 230 g/mol. The van der Waals surface area contributed by atoms with Crippen LogP contribution in [-0.2, 0) is 0 Å². The van der Waals surface area contributed by atoms with Crippen LogP contribution in [0.4, 0.5) is 0 Å². The highest BCUT2D eigenvalue weighted by Crippen LogP contribution is 2.21. The van der Waals surface area contributed by atoms with Crippen LogP contribution in [0.5, 0.6) is 0 Å². The minimum atomic E-state index is -0.0421. The van der Waals surface area contributed by atoms with Crippen LogP contribution in [0.25, 0.3) is 11.4 Å². The van der Waals surface area contributed by atoms with Crippen molar-refractivity contribution in [3.8, 4) is 11.4 Å². The van der Waals surface area contributed by atoms with E-state index in [1.165, 1.54) is 0 Å². The second-order valence-electron chi connectivity index (χ2n) is 4.47. The zero-order valence-corrected chi connectivity index (χ0v) is 10.0. The maximum absolute atomic E-state index is 11.9. The van der Waals surface area contributed by atoms with Crippen LogP contribution >= 0.6 is 0 Å². The summed E-state index contributed by atoms with van der Waals surface area (Å²) in [6.07, 6.45) is 2.16. The van der Waals surface area contributed by atoms with Crippen molar-refractivity contribution < 1.29 is 9.32 Å². The highest BCUT2D eigenvalue weighted by molar-refractivity contribution is 5.95. The largest absolute Gasteiger partial charge is 0.349 e. The van der Waals surface area contributed by atoms with Gasteiger partial charge in [-0.2, -0.15) is 4.98 Å². The molecule has 1 N–H and O–H groups in total. The van der Waals surface area contributed by atoms with Gasteiger partial charge in [0.2, 0.25) is 11.7 Å². The third-order valence-corrected chi connectivity index (χ3v) is 2.82. The number of rotatable bonds is 3. The Morgan fingerprint density at radius 3 is 2.94 bits per heavy atom. The molecule has 5 nitrogen and oxygen atoms in total. The molecule has 0 aliphatic heterocycles. The molecule has 0 atom stereocenters. The fraction of sp³-hybridized carbons (Fsp3) is 0.308. The Kier molecular flexibility index (Phi) is 2.59. The fourth-order valence-electron chi connectivity index (χ4n) is 1.71. The second kappa shape index (κ2) is 4.25. The lowest BCUT2D eigenvalue weighted by molar-refractivity contribution is 0.0951. The Bertz CT molecular complexity index is 587. The molecule has 92 valence electrons. The summed E-state index contributed by atoms with van der Waals surface area (Å²) in [5.41, 5.74) is 1.41. The molecule has 1 fully saturated rings. The molecule has 1 aromatic heterocycles. The van der Waals surface area contributed by atoms with Crippen LogP contribution in [0.1, 0.15) is 29.1 Å². The van der Waals surface area contributed by atoms with Gasteiger partial charge in [0.25, 0.3) is 5.91 Å². The molecule has 1 aliphatic rings. The van der Waals surface area contributed by atoms with Crippen LogP contribution in [0.3, 0.4) is 0 Å². The quantitative estimate of drug-likeness (QED) is 0.894. The van der Waals surface area contributed by atoms with Crippen molar-refractivity contribution >= 4 is 5.91 Å². The predicted molar refractivity (Wildman–Crippen MR) is 65.0 cm³/mol. The van der Waals surface area contributed by atoms with Crippen LogP contribution in [-0.4, -0.2) is 22.1 Å². The van der Waals surface area contributed by atoms with E-state index in [0.29, 0.717) is 23.3 Å². The Morgan fingerprint density at radius 2 is 2.28 bits per heavy atom. The molecule has 18 heavy (non-hydrogen) atoms. The summed E-state index contributed by atoms with van der Waals surface area (Å²) in [6, 6.07) is 7.60. The van der Waals surface area contributed by atoms with Gasteiger partial charge in [-0.1, -0.05) is 17.3 Å². The zero-order chi connectivity index (χ0) is 12.5. The number of carbonyl (C=O) groups excluding carboxylic acids is 1. The molecule has 1 aromatic carbocycles. The lowest BCUT2D eigenvalue weighted by Crippen LogP contribution is -2.25. The SMILES string of the molecule is Cc1nc(-c2cccc(C(=O)NC3CC3)c2)no1. The Hall–Kier alpha value is -2.17. The van der Waals surface area contributed by atoms with E-state index < -0.39 is 0 Å². The maximum Gasteiger partial charge on any atom is 0.251 e. The van der Waals surface area contributed by atoms with Gasteiger partial charge < -0.3 is 9.84 Å². The van der Waals surface area contributed by atoms with Gasteiger partial charge in [-0.25, -0.2) is 0 Å². The molecule has 0 radical (unpaired) electrons. The van der Waals surface area contributed by atoms with Gasteiger partial charge >= 0.3 is 0 Å². The molecule has 1 heterocycles. The first-order chi connectivity index (χ1) is 8.72. The van der Waals surface area contributed by atoms with E-state index in [-0.39, 0.29) is 5.91 Å². The first-order valence-electron chi connectivity index (χ1n) is 5.94. The summed E-state index contributed by atoms with van der Waals surface area (Å²) in [7, 11) is 0. The van der Waals surface area contributed by atoms with E-state index in [2.05, 4.69) is 15.5 Å². The molecule has 5 heteroatoms. The fourth-order valence-corrected chi connectivity index (χ4v) is 1.71. The summed E-state index contributed by atoms with van der Waals surface area (Å²) in [4.78, 5) is 16.1. The van der Waals surface area contributed by atoms with E-state index in [1.807, 2.05) is 12.1 Å². The number of benzene rings is 1. The maximum atomic E-state index is 11.9. The van der Waals surface area contributed by atoms with E-state index in [0.717, 1.165) is 18.4 Å². The summed E-state index contributed by atoms with van der Waals surface area (Å²) in [5, 5.41) is 6.79. The van der Waals surface area contributed by atoms with Crippen LogP contribution in [0.2, 0.25) is 0 Å². The van der Waals surface area contributed by atoms with E-state index in [1.54, 1.807) is 19.1 Å². The smallest absolute Gasteiger partial charge is 0.251 e. The molecule has 2 aromatic rings. The Labute approximate surface area is 104 Å². The topological polar surface area (TPSA) is 68.0 Å². The normalized spacial score (nSPS) is 14.5. The van der Waals surface area contributed by atoms with Crippen LogP contribution < -0.4 is 5.32 Å². The number of aromatic nitrogens is 2. The third kappa shape index (κ3) is 2.25. The predicted octanol–water partition coefficient (Wildman–Crippen LogP) is 1.94. The zero-order valence-electron chi connectivity index (χ0n) is 10.0. The average Bonchev–Trinajstić information content (AvgIpc) is 3.08. The van der Waals surface area contributed by atoms with Gasteiger partial charge in [0.05, 0.1) is 0 Å². The molecule has 0 saturated heterocycles. The second-order valence-corrected chi connectivity index (χ2v) is 4.47. The number of hydrogen-bond acceptors (Lipinski definition) is 4. The summed E-state index contributed by atoms with van der Waals surface area (Å²) >= 11 is 0. The molecule has 0 bridgehead atoms. The van der Waals surface area contributed by atoms with Gasteiger partial charge in [0.1, 0.15) is 0 Å². The number of carbonyl (C=O) groups is 1. The van der Waals surface area contributed by atoms with E-state index in [9.17, 15) is 4.79 Å². The minimum Gasteiger partial charge on any atom is -0.349 e. The Balaban J connectivity index is 1.86. The van der Waals surface area contributed by atoms with Crippen molar-refractivity contribution in [3.05, 3.63) is 35.7 Å². The summed E-state index contributed by atoms with van der Waals surface area (Å²) in [6.45, 7) is 1.74. The van der Waals surface area contributed by atoms with Crippen molar-refractivity contribution in [1.29, 1.82) is 0 Å². The molecule has 1 aliphatic carbocycles. The monoisotopic (exact) mass is 243 g/mol. The third-order valence-electron chi connectivity index (χ3n) is 2.82. The molecule has 3 rings (SSSR count). The number of hydrogen-bond donors (Lipinski definition) is 1. The van der Waals surface area contributed by atoms with E-state index in [4.69, 9.17) is 4.52 Å². The lowest BCUT2D eigenvalue weighted by Gasteiger charge is -2.03. The minimum absolute atomic E-state index is 0.0421. The number of aryl methyl sites for hydroxylation is 1. The van der Waals surface area contributed by atoms with Crippen LogP contribution in [0.15, 0.2) is 28.8 Å². The molecule has 0 spiro atoms. The van der Waals surface area contributed by atoms with Crippen molar-refractivity contribution in [2.24, 2.45) is 0 Å². The van der Waals surface area contributed by atoms with Gasteiger partial charge in [-0.05, 0) is 25.0 Å². The number of nitrogens with zero attached hydrogens (tertiary/aromatic N) is 2. The first-order valence-corrected chi connectivity index (χ1v) is 5.94. The van der Waals surface area contributed by atoms with Crippen molar-refractivity contribution in [1.82, 2.24) is 15.5 Å². The molecule has 1 saturated carbocycles. The first kappa shape index (κ1) is 11.0. The van der Waals surface area contributed by atoms with Crippen molar-refractivity contribution in [3.63, 3.8) is 0 Å². The molecule has 0 unspecified atom stereocenters. The molecular formula is C13H13N3O2. The van der Waals surface area contributed by atoms with Crippen LogP contribution in [0, 0.1) is 6.92 Å². The molecule has 1 amide bonds. The van der Waals surface area contributed by atoms with E-state index >= 15 is 0 Å². The highest BCUT2D eigenvalue weighted by atomic mass is 16.5.